The second kappa shape index (κ2) is 9.86. The lowest BCUT2D eigenvalue weighted by atomic mass is 9.93. The molecule has 206 valence electrons. The van der Waals surface area contributed by atoms with Crippen LogP contribution in [-0.4, -0.2) is 0 Å². The molecular formula is C42H27NO. The van der Waals surface area contributed by atoms with E-state index in [4.69, 9.17) is 4.42 Å². The van der Waals surface area contributed by atoms with Gasteiger partial charge in [-0.15, -0.1) is 0 Å². The smallest absolute Gasteiger partial charge is 0.135 e. The Hall–Kier alpha value is -5.86. The molecule has 0 bridgehead atoms. The number of rotatable bonds is 4. The highest BCUT2D eigenvalue weighted by molar-refractivity contribution is 6.28. The van der Waals surface area contributed by atoms with Gasteiger partial charge in [0.05, 0.1) is 5.69 Å². The Morgan fingerprint density at radius 2 is 0.864 bits per heavy atom. The monoisotopic (exact) mass is 561 g/mol. The van der Waals surface area contributed by atoms with Gasteiger partial charge in [0.2, 0.25) is 0 Å². The Balaban J connectivity index is 1.35. The summed E-state index contributed by atoms with van der Waals surface area (Å²) < 4.78 is 6.22. The highest BCUT2D eigenvalue weighted by Gasteiger charge is 2.20. The molecule has 0 aliphatic carbocycles. The molecule has 0 amide bonds. The molecule has 0 saturated heterocycles. The molecular weight excluding hydrogens is 534 g/mol. The summed E-state index contributed by atoms with van der Waals surface area (Å²) in [4.78, 5) is 2.40. The summed E-state index contributed by atoms with van der Waals surface area (Å²) in [6.07, 6.45) is 0. The number of hydrogen-bond acceptors (Lipinski definition) is 2. The molecule has 1 heterocycles. The highest BCUT2D eigenvalue weighted by Crippen LogP contribution is 2.45. The maximum Gasteiger partial charge on any atom is 0.135 e. The van der Waals surface area contributed by atoms with Crippen molar-refractivity contribution in [2.75, 3.05) is 4.90 Å². The van der Waals surface area contributed by atoms with Gasteiger partial charge < -0.3 is 9.32 Å². The first-order chi connectivity index (χ1) is 21.8. The van der Waals surface area contributed by atoms with Gasteiger partial charge in [0.1, 0.15) is 11.2 Å². The third-order valence-corrected chi connectivity index (χ3v) is 8.84. The van der Waals surface area contributed by atoms with E-state index in [2.05, 4.69) is 157 Å². The fourth-order valence-electron chi connectivity index (χ4n) is 6.84. The Bertz CT molecular complexity index is 2440. The van der Waals surface area contributed by atoms with Crippen molar-refractivity contribution in [1.82, 2.24) is 0 Å². The molecule has 0 aliphatic rings. The van der Waals surface area contributed by atoms with Crippen molar-refractivity contribution in [2.45, 2.75) is 0 Å². The van der Waals surface area contributed by atoms with E-state index in [0.717, 1.165) is 39.0 Å². The summed E-state index contributed by atoms with van der Waals surface area (Å²) in [5.41, 5.74) is 7.52. The molecule has 8 aromatic carbocycles. The van der Waals surface area contributed by atoms with Gasteiger partial charge in [0.15, 0.2) is 0 Å². The second-order valence-corrected chi connectivity index (χ2v) is 11.3. The Kier molecular flexibility index (Phi) is 5.54. The molecule has 0 N–H and O–H groups in total. The number of nitrogens with zero attached hydrogens (tertiary/aromatic N) is 1. The van der Waals surface area contributed by atoms with E-state index in [9.17, 15) is 0 Å². The van der Waals surface area contributed by atoms with E-state index in [1.54, 1.807) is 0 Å². The molecule has 0 saturated carbocycles. The van der Waals surface area contributed by atoms with Crippen molar-refractivity contribution in [3.8, 4) is 11.1 Å². The first-order valence-electron chi connectivity index (χ1n) is 15.0. The number of fused-ring (bicyclic) bond motifs is 9. The summed E-state index contributed by atoms with van der Waals surface area (Å²) in [5, 5.41) is 9.77. The lowest BCUT2D eigenvalue weighted by Crippen LogP contribution is -2.10. The molecule has 44 heavy (non-hydrogen) atoms. The van der Waals surface area contributed by atoms with Gasteiger partial charge in [-0.05, 0) is 80.5 Å². The summed E-state index contributed by atoms with van der Waals surface area (Å²) in [5.74, 6) is 0. The molecule has 0 aliphatic heterocycles. The molecule has 0 spiro atoms. The maximum absolute atomic E-state index is 6.22. The summed E-state index contributed by atoms with van der Waals surface area (Å²) >= 11 is 0. The average Bonchev–Trinajstić information content (AvgIpc) is 3.47. The van der Waals surface area contributed by atoms with Crippen LogP contribution in [0.3, 0.4) is 0 Å². The zero-order valence-electron chi connectivity index (χ0n) is 23.9. The molecule has 9 rings (SSSR count). The zero-order chi connectivity index (χ0) is 29.0. The van der Waals surface area contributed by atoms with Gasteiger partial charge in [-0.2, -0.15) is 0 Å². The normalized spacial score (nSPS) is 11.6. The van der Waals surface area contributed by atoms with Crippen LogP contribution >= 0.6 is 0 Å². The average molecular weight is 562 g/mol. The lowest BCUT2D eigenvalue weighted by Gasteiger charge is -2.28. The van der Waals surface area contributed by atoms with E-state index >= 15 is 0 Å². The van der Waals surface area contributed by atoms with Crippen LogP contribution in [0.2, 0.25) is 0 Å². The van der Waals surface area contributed by atoms with Crippen molar-refractivity contribution in [3.05, 3.63) is 164 Å². The predicted molar refractivity (Wildman–Crippen MR) is 186 cm³/mol. The van der Waals surface area contributed by atoms with Crippen LogP contribution in [-0.2, 0) is 0 Å². The minimum absolute atomic E-state index is 0.892. The minimum atomic E-state index is 0.892. The standard InChI is InChI=1S/C42H27NO/c1-2-11-28(12-3-1)29-21-23-30(24-22-29)43(31-25-26-41-38(27-31)35-16-8-9-20-40(35)44-41)39-19-10-18-37-34-14-5-4-13-32(34)33-15-6-7-17-36(33)42(37)39/h1-27H. The molecule has 0 fully saturated rings. The number of benzene rings is 8. The van der Waals surface area contributed by atoms with Gasteiger partial charge in [0, 0.05) is 27.5 Å². The molecule has 2 heteroatoms. The van der Waals surface area contributed by atoms with Crippen LogP contribution in [0.5, 0.6) is 0 Å². The third-order valence-electron chi connectivity index (χ3n) is 8.84. The SMILES string of the molecule is c1ccc(-c2ccc(N(c3ccc4oc5ccccc5c4c3)c3cccc4c5ccccc5c5ccccc5c34)cc2)cc1. The van der Waals surface area contributed by atoms with Crippen LogP contribution in [0.4, 0.5) is 17.1 Å². The predicted octanol–water partition coefficient (Wildman–Crippen LogP) is 12.2. The number of anilines is 3. The largest absolute Gasteiger partial charge is 0.456 e. The van der Waals surface area contributed by atoms with Gasteiger partial charge in [0.25, 0.3) is 0 Å². The number of furan rings is 1. The van der Waals surface area contributed by atoms with Crippen LogP contribution in [0.1, 0.15) is 0 Å². The van der Waals surface area contributed by atoms with Crippen molar-refractivity contribution in [3.63, 3.8) is 0 Å². The van der Waals surface area contributed by atoms with Gasteiger partial charge in [-0.3, -0.25) is 0 Å². The maximum atomic E-state index is 6.22. The number of para-hydroxylation sites is 1. The quantitative estimate of drug-likeness (QED) is 0.199. The molecule has 0 radical (unpaired) electrons. The van der Waals surface area contributed by atoms with Crippen LogP contribution in [0.25, 0.3) is 65.4 Å². The first kappa shape index (κ1) is 24.7. The molecule has 1 aromatic heterocycles. The fraction of sp³-hybridized carbons (Fsp3) is 0. The Labute approximate surface area is 255 Å². The first-order valence-corrected chi connectivity index (χ1v) is 15.0. The minimum Gasteiger partial charge on any atom is -0.456 e. The molecule has 0 atom stereocenters. The van der Waals surface area contributed by atoms with E-state index in [1.165, 1.54) is 43.4 Å². The molecule has 2 nitrogen and oxygen atoms in total. The van der Waals surface area contributed by atoms with Crippen molar-refractivity contribution < 1.29 is 4.42 Å². The Morgan fingerprint density at radius 1 is 0.341 bits per heavy atom. The highest BCUT2D eigenvalue weighted by atomic mass is 16.3. The molecule has 9 aromatic rings. The number of hydrogen-bond donors (Lipinski definition) is 0. The second-order valence-electron chi connectivity index (χ2n) is 11.3. The summed E-state index contributed by atoms with van der Waals surface area (Å²) in [6, 6.07) is 58.6. The molecule has 0 unspecified atom stereocenters. The zero-order valence-corrected chi connectivity index (χ0v) is 23.9. The van der Waals surface area contributed by atoms with E-state index in [0.29, 0.717) is 0 Å². The van der Waals surface area contributed by atoms with E-state index in [1.807, 2.05) is 12.1 Å². The van der Waals surface area contributed by atoms with Crippen molar-refractivity contribution in [1.29, 1.82) is 0 Å². The Morgan fingerprint density at radius 3 is 1.59 bits per heavy atom. The summed E-state index contributed by atoms with van der Waals surface area (Å²) in [7, 11) is 0. The van der Waals surface area contributed by atoms with Crippen LogP contribution < -0.4 is 4.90 Å². The van der Waals surface area contributed by atoms with Gasteiger partial charge in [-0.1, -0.05) is 121 Å². The van der Waals surface area contributed by atoms with Crippen molar-refractivity contribution >= 4 is 71.3 Å². The van der Waals surface area contributed by atoms with E-state index < -0.39 is 0 Å². The fourth-order valence-corrected chi connectivity index (χ4v) is 6.84. The lowest BCUT2D eigenvalue weighted by molar-refractivity contribution is 0.669. The van der Waals surface area contributed by atoms with Gasteiger partial charge >= 0.3 is 0 Å². The summed E-state index contributed by atoms with van der Waals surface area (Å²) in [6.45, 7) is 0. The van der Waals surface area contributed by atoms with Crippen LogP contribution in [0, 0.1) is 0 Å². The topological polar surface area (TPSA) is 16.4 Å². The van der Waals surface area contributed by atoms with Crippen LogP contribution in [0.15, 0.2) is 168 Å². The van der Waals surface area contributed by atoms with Gasteiger partial charge in [-0.25, -0.2) is 0 Å². The van der Waals surface area contributed by atoms with Crippen molar-refractivity contribution in [2.24, 2.45) is 0 Å². The van der Waals surface area contributed by atoms with E-state index in [-0.39, 0.29) is 0 Å². The third kappa shape index (κ3) is 3.82.